The van der Waals surface area contributed by atoms with Gasteiger partial charge in [-0.3, -0.25) is 9.97 Å². The molecule has 4 heteroatoms. The first-order valence-corrected chi connectivity index (χ1v) is 7.52. The minimum absolute atomic E-state index is 0.717. The Morgan fingerprint density at radius 3 is 2.90 bits per heavy atom. The van der Waals surface area contributed by atoms with Gasteiger partial charge in [-0.05, 0) is 43.5 Å². The van der Waals surface area contributed by atoms with Crippen molar-refractivity contribution in [2.75, 3.05) is 11.9 Å². The number of anilines is 1. The molecule has 1 fully saturated rings. The normalized spacial score (nSPS) is 14.2. The molecule has 0 unspecified atom stereocenters. The molecule has 2 heterocycles. The van der Waals surface area contributed by atoms with Crippen LogP contribution in [0.15, 0.2) is 36.7 Å². The Balaban J connectivity index is 1.72. The van der Waals surface area contributed by atoms with Gasteiger partial charge in [-0.25, -0.2) is 0 Å². The second kappa shape index (κ2) is 6.22. The van der Waals surface area contributed by atoms with Gasteiger partial charge in [0.05, 0.1) is 24.1 Å². The minimum Gasteiger partial charge on any atom is -0.367 e. The quantitative estimate of drug-likeness (QED) is 0.884. The first kappa shape index (κ1) is 14.0. The van der Waals surface area contributed by atoms with Crippen molar-refractivity contribution >= 4 is 5.69 Å². The molecule has 2 aromatic heterocycles. The average Bonchev–Trinajstić information content (AvgIpc) is 3.29. The van der Waals surface area contributed by atoms with Crippen LogP contribution in [-0.4, -0.2) is 23.1 Å². The van der Waals surface area contributed by atoms with Crippen LogP contribution in [0.5, 0.6) is 0 Å². The summed E-state index contributed by atoms with van der Waals surface area (Å²) in [5, 5.41) is 3.57. The second-order valence-electron chi connectivity index (χ2n) is 5.79. The van der Waals surface area contributed by atoms with Crippen LogP contribution in [0, 0.1) is 6.92 Å². The van der Waals surface area contributed by atoms with Crippen LogP contribution in [0.3, 0.4) is 0 Å². The van der Waals surface area contributed by atoms with Crippen molar-refractivity contribution in [2.45, 2.75) is 38.9 Å². The Hall–Kier alpha value is -1.94. The van der Waals surface area contributed by atoms with E-state index in [1.165, 1.54) is 24.1 Å². The minimum atomic E-state index is 0.717. The van der Waals surface area contributed by atoms with E-state index in [0.29, 0.717) is 0 Å². The molecule has 21 heavy (non-hydrogen) atoms. The maximum atomic E-state index is 4.57. The fourth-order valence-corrected chi connectivity index (χ4v) is 2.47. The van der Waals surface area contributed by atoms with Crippen molar-refractivity contribution in [1.29, 1.82) is 0 Å². The van der Waals surface area contributed by atoms with Gasteiger partial charge in [0.25, 0.3) is 0 Å². The molecule has 2 aromatic rings. The van der Waals surface area contributed by atoms with E-state index in [2.05, 4.69) is 45.4 Å². The number of aryl methyl sites for hydroxylation is 1. The molecule has 0 aromatic carbocycles. The van der Waals surface area contributed by atoms with Crippen molar-refractivity contribution in [2.24, 2.45) is 0 Å². The largest absolute Gasteiger partial charge is 0.367 e. The summed E-state index contributed by atoms with van der Waals surface area (Å²) in [6, 6.07) is 8.98. The molecule has 1 saturated carbocycles. The fourth-order valence-electron chi connectivity index (χ4n) is 2.47. The molecule has 110 valence electrons. The Kier molecular flexibility index (Phi) is 4.15. The average molecular weight is 282 g/mol. The molecular formula is C17H22N4. The number of pyridine rings is 2. The Bertz CT molecular complexity index is 607. The monoisotopic (exact) mass is 282 g/mol. The first-order valence-electron chi connectivity index (χ1n) is 7.52. The Morgan fingerprint density at radius 1 is 1.29 bits per heavy atom. The van der Waals surface area contributed by atoms with E-state index in [-0.39, 0.29) is 0 Å². The Labute approximate surface area is 126 Å². The summed E-state index contributed by atoms with van der Waals surface area (Å²) in [4.78, 5) is 11.1. The van der Waals surface area contributed by atoms with Crippen molar-refractivity contribution in [1.82, 2.24) is 15.3 Å². The highest BCUT2D eigenvalue weighted by Crippen LogP contribution is 2.23. The molecule has 0 amide bonds. The van der Waals surface area contributed by atoms with Gasteiger partial charge in [-0.2, -0.15) is 0 Å². The van der Waals surface area contributed by atoms with Gasteiger partial charge in [0, 0.05) is 31.5 Å². The third-order valence-corrected chi connectivity index (χ3v) is 3.80. The molecule has 0 bridgehead atoms. The van der Waals surface area contributed by atoms with E-state index < -0.39 is 0 Å². The molecule has 1 N–H and O–H groups in total. The lowest BCUT2D eigenvalue weighted by Crippen LogP contribution is -2.22. The van der Waals surface area contributed by atoms with E-state index in [1.807, 2.05) is 25.4 Å². The lowest BCUT2D eigenvalue weighted by atomic mass is 10.2. The first-order chi connectivity index (χ1) is 10.2. The number of aromatic nitrogens is 2. The van der Waals surface area contributed by atoms with E-state index >= 15 is 0 Å². The zero-order valence-electron chi connectivity index (χ0n) is 12.7. The van der Waals surface area contributed by atoms with Crippen molar-refractivity contribution in [3.63, 3.8) is 0 Å². The predicted molar refractivity (Wildman–Crippen MR) is 85.2 cm³/mol. The number of hydrogen-bond acceptors (Lipinski definition) is 4. The van der Waals surface area contributed by atoms with Crippen LogP contribution >= 0.6 is 0 Å². The maximum absolute atomic E-state index is 4.57. The number of rotatable bonds is 6. The predicted octanol–water partition coefficient (Wildman–Crippen LogP) is 2.67. The molecule has 0 atom stereocenters. The second-order valence-corrected chi connectivity index (χ2v) is 5.79. The van der Waals surface area contributed by atoms with Gasteiger partial charge in [-0.1, -0.05) is 6.07 Å². The Morgan fingerprint density at radius 2 is 2.14 bits per heavy atom. The summed E-state index contributed by atoms with van der Waals surface area (Å²) < 4.78 is 0. The summed E-state index contributed by atoms with van der Waals surface area (Å²) in [6.07, 6.45) is 6.43. The van der Waals surface area contributed by atoms with Gasteiger partial charge in [0.1, 0.15) is 0 Å². The molecule has 0 saturated heterocycles. The smallest absolute Gasteiger partial charge is 0.0600 e. The summed E-state index contributed by atoms with van der Waals surface area (Å²) in [5.41, 5.74) is 4.62. The van der Waals surface area contributed by atoms with Gasteiger partial charge in [-0.15, -0.1) is 0 Å². The van der Waals surface area contributed by atoms with E-state index in [9.17, 15) is 0 Å². The molecular weight excluding hydrogens is 260 g/mol. The van der Waals surface area contributed by atoms with Crippen LogP contribution in [0.25, 0.3) is 0 Å². The van der Waals surface area contributed by atoms with Gasteiger partial charge in [0.15, 0.2) is 0 Å². The molecule has 0 spiro atoms. The van der Waals surface area contributed by atoms with Crippen LogP contribution < -0.4 is 10.2 Å². The molecule has 4 nitrogen and oxygen atoms in total. The summed E-state index contributed by atoms with van der Waals surface area (Å²) in [7, 11) is 2.10. The third kappa shape index (κ3) is 3.79. The molecule has 1 aliphatic rings. The molecule has 0 radical (unpaired) electrons. The lowest BCUT2D eigenvalue weighted by molar-refractivity contribution is 0.684. The summed E-state index contributed by atoms with van der Waals surface area (Å²) in [5.74, 6) is 0. The zero-order valence-corrected chi connectivity index (χ0v) is 12.7. The maximum Gasteiger partial charge on any atom is 0.0600 e. The van der Waals surface area contributed by atoms with E-state index in [1.54, 1.807) is 0 Å². The van der Waals surface area contributed by atoms with Gasteiger partial charge >= 0.3 is 0 Å². The fraction of sp³-hybridized carbons (Fsp3) is 0.412. The highest BCUT2D eigenvalue weighted by atomic mass is 15.1. The number of nitrogens with one attached hydrogen (secondary N) is 1. The third-order valence-electron chi connectivity index (χ3n) is 3.80. The highest BCUT2D eigenvalue weighted by Gasteiger charge is 2.20. The number of hydrogen-bond donors (Lipinski definition) is 1. The van der Waals surface area contributed by atoms with Crippen LogP contribution in [0.4, 0.5) is 5.69 Å². The van der Waals surface area contributed by atoms with Crippen molar-refractivity contribution < 1.29 is 0 Å². The van der Waals surface area contributed by atoms with Gasteiger partial charge in [0.2, 0.25) is 0 Å². The lowest BCUT2D eigenvalue weighted by Gasteiger charge is -2.22. The number of nitrogens with zero attached hydrogens (tertiary/aromatic N) is 3. The highest BCUT2D eigenvalue weighted by molar-refractivity contribution is 5.51. The molecule has 0 aliphatic heterocycles. The van der Waals surface area contributed by atoms with Crippen LogP contribution in [0.2, 0.25) is 0 Å². The molecule has 1 aliphatic carbocycles. The van der Waals surface area contributed by atoms with Crippen molar-refractivity contribution in [3.8, 4) is 0 Å². The van der Waals surface area contributed by atoms with Crippen molar-refractivity contribution in [3.05, 3.63) is 53.6 Å². The zero-order chi connectivity index (χ0) is 14.7. The van der Waals surface area contributed by atoms with Crippen LogP contribution in [0.1, 0.15) is 29.8 Å². The van der Waals surface area contributed by atoms with E-state index in [4.69, 9.17) is 0 Å². The summed E-state index contributed by atoms with van der Waals surface area (Å²) in [6.45, 7) is 3.73. The van der Waals surface area contributed by atoms with Gasteiger partial charge < -0.3 is 10.2 Å². The van der Waals surface area contributed by atoms with Crippen LogP contribution in [-0.2, 0) is 13.1 Å². The SMILES string of the molecule is Cc1cccc(CN(C)c2cnccc2CNC2CC2)n1. The van der Waals surface area contributed by atoms with E-state index in [0.717, 1.165) is 30.5 Å². The topological polar surface area (TPSA) is 41.1 Å². The summed E-state index contributed by atoms with van der Waals surface area (Å²) >= 11 is 0. The standard InChI is InChI=1S/C17H22N4/c1-13-4-3-5-16(20-13)12-21(2)17-11-18-9-8-14(17)10-19-15-6-7-15/h3-5,8-9,11,15,19H,6-7,10,12H2,1-2H3. The molecule has 3 rings (SSSR count).